The number of nitrogens with zero attached hydrogens (tertiary/aromatic N) is 1. The number of likely N-dealkylation sites (N-methyl/N-ethyl adjacent to an activating group) is 1. The predicted octanol–water partition coefficient (Wildman–Crippen LogP) is 1.77. The second-order valence-corrected chi connectivity index (χ2v) is 15.6. The highest BCUT2D eigenvalue weighted by Gasteiger charge is 2.50. The molecule has 3 aliphatic rings. The van der Waals surface area contributed by atoms with Crippen molar-refractivity contribution in [2.45, 2.75) is 173 Å². The summed E-state index contributed by atoms with van der Waals surface area (Å²) in [4.78, 5) is 29.2. The average Bonchev–Trinajstić information content (AvgIpc) is 2.99. The monoisotopic (exact) mass is 689 g/mol. The molecule has 5 N–H and O–H groups in total. The molecule has 0 bridgehead atoms. The third kappa shape index (κ3) is 9.54. The van der Waals surface area contributed by atoms with E-state index in [0.29, 0.717) is 12.8 Å². The van der Waals surface area contributed by atoms with Gasteiger partial charge in [0.05, 0.1) is 48.1 Å². The van der Waals surface area contributed by atoms with Crippen molar-refractivity contribution in [3.05, 3.63) is 0 Å². The molecule has 48 heavy (non-hydrogen) atoms. The smallest absolute Gasteiger partial charge is 0.308 e. The van der Waals surface area contributed by atoms with E-state index in [1.807, 2.05) is 32.8 Å². The zero-order valence-corrected chi connectivity index (χ0v) is 30.7. The Bertz CT molecular complexity index is 1070. The van der Waals surface area contributed by atoms with E-state index in [1.54, 1.807) is 41.5 Å². The fourth-order valence-corrected chi connectivity index (χ4v) is 7.86. The number of carbonyl (C=O) groups is 2. The van der Waals surface area contributed by atoms with Gasteiger partial charge in [-0.3, -0.25) is 9.59 Å². The molecule has 0 aromatic carbocycles. The lowest BCUT2D eigenvalue weighted by Crippen LogP contribution is -2.59. The first-order chi connectivity index (χ1) is 22.1. The Kier molecular flexibility index (Phi) is 14.1. The number of esters is 1. The number of cyclic esters (lactones) is 1. The second-order valence-electron chi connectivity index (χ2n) is 15.6. The summed E-state index contributed by atoms with van der Waals surface area (Å²) in [5.41, 5.74) is -3.27. The SMILES string of the molecule is CC[C@@H]1OC(=O)C[C@@H](O[C@H]2C[C@@](C)(O)[C@H](O)[C@@H](C)O2)[C@H](C)[C@H](O[C@@H]2O[C@@H](C)C[C@@H](N(C)C)[C@@H]2O)[C@](C)(O)C[C@@H](C)C(=O)[C@@H](C)[C@H](O)[C@H]1C. The van der Waals surface area contributed by atoms with E-state index in [4.69, 9.17) is 23.7 Å². The number of carbonyl (C=O) groups excluding carboxylic acids is 2. The molecule has 17 atom stereocenters. The van der Waals surface area contributed by atoms with Gasteiger partial charge in [0, 0.05) is 36.1 Å². The van der Waals surface area contributed by atoms with E-state index in [1.165, 1.54) is 6.92 Å². The van der Waals surface area contributed by atoms with Crippen molar-refractivity contribution < 1.29 is 58.8 Å². The van der Waals surface area contributed by atoms with Gasteiger partial charge in [0.15, 0.2) is 12.6 Å². The van der Waals surface area contributed by atoms with Gasteiger partial charge in [-0.15, -0.1) is 0 Å². The van der Waals surface area contributed by atoms with Crippen LogP contribution >= 0.6 is 0 Å². The lowest BCUT2D eigenvalue weighted by Gasteiger charge is -2.47. The van der Waals surface area contributed by atoms with Gasteiger partial charge in [-0.05, 0) is 61.1 Å². The van der Waals surface area contributed by atoms with Crippen LogP contribution in [0.5, 0.6) is 0 Å². The number of hydrogen-bond donors (Lipinski definition) is 5. The largest absolute Gasteiger partial charge is 0.462 e. The number of aliphatic hydroxyl groups is 5. The summed E-state index contributed by atoms with van der Waals surface area (Å²) in [6.07, 6.45) is -9.02. The minimum absolute atomic E-state index is 0.0615. The van der Waals surface area contributed by atoms with Crippen LogP contribution in [-0.2, 0) is 33.3 Å². The van der Waals surface area contributed by atoms with Crippen LogP contribution < -0.4 is 0 Å². The third-order valence-corrected chi connectivity index (χ3v) is 10.9. The van der Waals surface area contributed by atoms with Crippen LogP contribution in [0.4, 0.5) is 0 Å². The molecule has 0 aliphatic carbocycles. The topological polar surface area (TPSA) is 185 Å². The summed E-state index contributed by atoms with van der Waals surface area (Å²) in [5.74, 6) is -3.74. The molecule has 3 aliphatic heterocycles. The van der Waals surface area contributed by atoms with Crippen molar-refractivity contribution in [2.24, 2.45) is 23.7 Å². The number of Topliss-reactive ketones (excluding diaryl/α,β-unsaturated/α-hetero) is 1. The summed E-state index contributed by atoms with van der Waals surface area (Å²) >= 11 is 0. The molecule has 13 heteroatoms. The summed E-state index contributed by atoms with van der Waals surface area (Å²) in [6, 6.07) is -0.305. The van der Waals surface area contributed by atoms with E-state index < -0.39 is 96.2 Å². The van der Waals surface area contributed by atoms with Gasteiger partial charge in [0.1, 0.15) is 24.1 Å². The van der Waals surface area contributed by atoms with Gasteiger partial charge < -0.3 is 54.1 Å². The van der Waals surface area contributed by atoms with Gasteiger partial charge in [0.2, 0.25) is 0 Å². The van der Waals surface area contributed by atoms with Gasteiger partial charge in [-0.1, -0.05) is 34.6 Å². The summed E-state index contributed by atoms with van der Waals surface area (Å²) in [5, 5.41) is 56.3. The van der Waals surface area contributed by atoms with Crippen molar-refractivity contribution in [3.8, 4) is 0 Å². The van der Waals surface area contributed by atoms with E-state index in [2.05, 4.69) is 0 Å². The van der Waals surface area contributed by atoms with Crippen LogP contribution in [0.25, 0.3) is 0 Å². The molecule has 0 amide bonds. The highest BCUT2D eigenvalue weighted by Crippen LogP contribution is 2.38. The Morgan fingerprint density at radius 1 is 0.875 bits per heavy atom. The Hall–Kier alpha value is -1.26. The van der Waals surface area contributed by atoms with Crippen molar-refractivity contribution in [2.75, 3.05) is 14.1 Å². The summed E-state index contributed by atoms with van der Waals surface area (Å²) in [7, 11) is 3.70. The maximum atomic E-state index is 13.7. The number of hydrogen-bond acceptors (Lipinski definition) is 13. The van der Waals surface area contributed by atoms with Crippen LogP contribution in [0.1, 0.15) is 94.4 Å². The molecule has 280 valence electrons. The summed E-state index contributed by atoms with van der Waals surface area (Å²) in [6.45, 7) is 15.2. The normalized spacial score (nSPS) is 49.0. The molecule has 0 aromatic rings. The molecule has 13 nitrogen and oxygen atoms in total. The number of ketones is 1. The number of ether oxygens (including phenoxy) is 5. The quantitative estimate of drug-likeness (QED) is 0.255. The van der Waals surface area contributed by atoms with Crippen LogP contribution in [0.15, 0.2) is 0 Å². The average molecular weight is 690 g/mol. The van der Waals surface area contributed by atoms with Crippen LogP contribution in [0.2, 0.25) is 0 Å². The van der Waals surface area contributed by atoms with E-state index >= 15 is 0 Å². The molecule has 3 rings (SSSR count). The Balaban J connectivity index is 2.09. The highest BCUT2D eigenvalue weighted by molar-refractivity contribution is 5.83. The molecular formula is C35H63NO12. The lowest BCUT2D eigenvalue weighted by atomic mass is 9.75. The zero-order chi connectivity index (χ0) is 36.5. The summed E-state index contributed by atoms with van der Waals surface area (Å²) < 4.78 is 30.9. The molecule has 3 saturated heterocycles. The van der Waals surface area contributed by atoms with Crippen LogP contribution in [0.3, 0.4) is 0 Å². The van der Waals surface area contributed by atoms with Gasteiger partial charge in [0.25, 0.3) is 0 Å². The Morgan fingerprint density at radius 3 is 2.06 bits per heavy atom. The van der Waals surface area contributed by atoms with Gasteiger partial charge in [-0.2, -0.15) is 0 Å². The Morgan fingerprint density at radius 2 is 1.50 bits per heavy atom. The van der Waals surface area contributed by atoms with Crippen molar-refractivity contribution in [3.63, 3.8) is 0 Å². The first-order valence-electron chi connectivity index (χ1n) is 17.6. The number of aliphatic hydroxyl groups excluding tert-OH is 3. The minimum atomic E-state index is -1.73. The van der Waals surface area contributed by atoms with Crippen molar-refractivity contribution in [1.29, 1.82) is 0 Å². The maximum Gasteiger partial charge on any atom is 0.308 e. The minimum Gasteiger partial charge on any atom is -0.462 e. The third-order valence-electron chi connectivity index (χ3n) is 10.9. The number of rotatable bonds is 6. The molecule has 0 unspecified atom stereocenters. The van der Waals surface area contributed by atoms with Crippen LogP contribution in [0, 0.1) is 23.7 Å². The molecule has 0 aromatic heterocycles. The van der Waals surface area contributed by atoms with Crippen molar-refractivity contribution >= 4 is 11.8 Å². The van der Waals surface area contributed by atoms with Crippen molar-refractivity contribution in [1.82, 2.24) is 4.90 Å². The van der Waals surface area contributed by atoms with Crippen LogP contribution in [-0.4, -0.2) is 135 Å². The zero-order valence-electron chi connectivity index (χ0n) is 30.7. The highest BCUT2D eigenvalue weighted by atomic mass is 16.7. The molecule has 3 heterocycles. The molecule has 0 spiro atoms. The van der Waals surface area contributed by atoms with E-state index in [9.17, 15) is 35.1 Å². The molecule has 3 fully saturated rings. The van der Waals surface area contributed by atoms with E-state index in [-0.39, 0.29) is 37.2 Å². The molecule has 0 radical (unpaired) electrons. The first kappa shape index (κ1) is 41.2. The lowest BCUT2D eigenvalue weighted by molar-refractivity contribution is -0.313. The standard InChI is InChI=1S/C35H63NO12/c1-12-24-19(4)29(39)21(6)28(38)17(2)15-35(9,43)32(48-33-30(40)23(36(10)11)13-18(3)44-33)20(5)25(14-26(37)46-24)47-27-16-34(8,42)31(41)22(7)45-27/h17-25,27,29-33,39-43H,12-16H2,1-11H3/t17-,18+,19+,20+,21-,22-,23-,24+,25-,27+,29-,30+,31-,32+,33+,34-,35-/m1/s1. The fraction of sp³-hybridized carbons (Fsp3) is 0.943. The first-order valence-corrected chi connectivity index (χ1v) is 17.6. The van der Waals surface area contributed by atoms with Gasteiger partial charge >= 0.3 is 5.97 Å². The molecule has 0 saturated carbocycles. The van der Waals surface area contributed by atoms with E-state index in [0.717, 1.165) is 0 Å². The maximum absolute atomic E-state index is 13.7. The molecular weight excluding hydrogens is 626 g/mol. The Labute approximate surface area is 286 Å². The second kappa shape index (κ2) is 16.4. The fourth-order valence-electron chi connectivity index (χ4n) is 7.86. The predicted molar refractivity (Wildman–Crippen MR) is 175 cm³/mol. The van der Waals surface area contributed by atoms with Gasteiger partial charge in [-0.25, -0.2) is 0 Å².